The zero-order valence-electron chi connectivity index (χ0n) is 9.49. The first-order valence-corrected chi connectivity index (χ1v) is 5.52. The van der Waals surface area contributed by atoms with Crippen molar-refractivity contribution in [3.63, 3.8) is 0 Å². The fourth-order valence-corrected chi connectivity index (χ4v) is 1.58. The van der Waals surface area contributed by atoms with Gasteiger partial charge in [-0.05, 0) is 25.7 Å². The fraction of sp³-hybridized carbons (Fsp3) is 0.818. The van der Waals surface area contributed by atoms with Crippen LogP contribution in [0.15, 0.2) is 0 Å². The van der Waals surface area contributed by atoms with E-state index in [1.807, 2.05) is 0 Å². The molecule has 1 aliphatic rings. The lowest BCUT2D eigenvalue weighted by Gasteiger charge is -2.10. The Hall–Kier alpha value is -0.860. The van der Waals surface area contributed by atoms with E-state index in [1.54, 1.807) is 0 Å². The van der Waals surface area contributed by atoms with Crippen molar-refractivity contribution in [2.75, 3.05) is 0 Å². The number of hydrogen-bond acceptors (Lipinski definition) is 2. The normalized spacial score (nSPS) is 18.9. The van der Waals surface area contributed by atoms with E-state index in [4.69, 9.17) is 0 Å². The van der Waals surface area contributed by atoms with E-state index >= 15 is 0 Å². The van der Waals surface area contributed by atoms with Crippen LogP contribution in [0, 0.1) is 12.8 Å². The van der Waals surface area contributed by atoms with Crippen LogP contribution in [0.2, 0.25) is 0 Å². The summed E-state index contributed by atoms with van der Waals surface area (Å²) in [5.74, 6) is 3.18. The fourth-order valence-electron chi connectivity index (χ4n) is 1.58. The Labute approximate surface area is 85.5 Å². The van der Waals surface area contributed by atoms with Gasteiger partial charge < -0.3 is 0 Å². The zero-order valence-corrected chi connectivity index (χ0v) is 9.49. The molecule has 14 heavy (non-hydrogen) atoms. The summed E-state index contributed by atoms with van der Waals surface area (Å²) >= 11 is 0. The highest BCUT2D eigenvalue weighted by atomic mass is 15.4. The molecule has 0 N–H and O–H groups in total. The van der Waals surface area contributed by atoms with Crippen molar-refractivity contribution in [3.8, 4) is 0 Å². The second-order valence-electron chi connectivity index (χ2n) is 4.73. The van der Waals surface area contributed by atoms with Gasteiger partial charge in [0.15, 0.2) is 5.82 Å². The highest BCUT2D eigenvalue weighted by molar-refractivity contribution is 5.01. The summed E-state index contributed by atoms with van der Waals surface area (Å²) in [6.45, 7) is 8.70. The van der Waals surface area contributed by atoms with Crippen LogP contribution in [-0.2, 0) is 0 Å². The van der Waals surface area contributed by atoms with Gasteiger partial charge in [-0.15, -0.1) is 0 Å². The molecule has 0 radical (unpaired) electrons. The van der Waals surface area contributed by atoms with Crippen molar-refractivity contribution < 1.29 is 0 Å². The molecule has 1 unspecified atom stereocenters. The van der Waals surface area contributed by atoms with E-state index < -0.39 is 0 Å². The average Bonchev–Trinajstić information content (AvgIpc) is 2.89. The topological polar surface area (TPSA) is 30.7 Å². The highest BCUT2D eigenvalue weighted by Crippen LogP contribution is 2.35. The molecule has 0 spiro atoms. The maximum atomic E-state index is 4.60. The molecule has 1 atom stereocenters. The monoisotopic (exact) mass is 193 g/mol. The molecule has 1 aliphatic carbocycles. The maximum absolute atomic E-state index is 4.60. The standard InChI is InChI=1S/C11H19N3/c1-7(2)8(3)11-12-9(4)14(13-11)10-5-6-10/h7-8,10H,5-6H2,1-4H3. The van der Waals surface area contributed by atoms with E-state index in [1.165, 1.54) is 12.8 Å². The first-order chi connectivity index (χ1) is 6.59. The summed E-state index contributed by atoms with van der Waals surface area (Å²) in [5.41, 5.74) is 0. The van der Waals surface area contributed by atoms with Crippen LogP contribution in [-0.4, -0.2) is 14.8 Å². The van der Waals surface area contributed by atoms with Gasteiger partial charge in [0.1, 0.15) is 5.82 Å². The zero-order chi connectivity index (χ0) is 10.3. The first-order valence-electron chi connectivity index (χ1n) is 5.52. The van der Waals surface area contributed by atoms with E-state index in [-0.39, 0.29) is 0 Å². The summed E-state index contributed by atoms with van der Waals surface area (Å²) in [6.07, 6.45) is 2.55. The Bertz CT molecular complexity index is 323. The Morgan fingerprint density at radius 2 is 1.93 bits per heavy atom. The van der Waals surface area contributed by atoms with E-state index in [0.717, 1.165) is 11.6 Å². The van der Waals surface area contributed by atoms with Gasteiger partial charge in [-0.1, -0.05) is 20.8 Å². The lowest BCUT2D eigenvalue weighted by molar-refractivity contribution is 0.501. The first kappa shape index (κ1) is 9.69. The molecule has 2 rings (SSSR count). The summed E-state index contributed by atoms with van der Waals surface area (Å²) < 4.78 is 2.11. The minimum absolute atomic E-state index is 0.466. The van der Waals surface area contributed by atoms with Crippen molar-refractivity contribution >= 4 is 0 Å². The van der Waals surface area contributed by atoms with Crippen LogP contribution in [0.5, 0.6) is 0 Å². The Morgan fingerprint density at radius 1 is 1.29 bits per heavy atom. The third kappa shape index (κ3) is 1.68. The number of hydrogen-bond donors (Lipinski definition) is 0. The van der Waals surface area contributed by atoms with E-state index in [9.17, 15) is 0 Å². The summed E-state index contributed by atoms with van der Waals surface area (Å²) in [4.78, 5) is 4.54. The van der Waals surface area contributed by atoms with Crippen molar-refractivity contribution in [1.82, 2.24) is 14.8 Å². The Morgan fingerprint density at radius 3 is 2.43 bits per heavy atom. The van der Waals surface area contributed by atoms with E-state index in [0.29, 0.717) is 17.9 Å². The number of aromatic nitrogens is 3. The van der Waals surface area contributed by atoms with Gasteiger partial charge in [0.05, 0.1) is 6.04 Å². The van der Waals surface area contributed by atoms with Crippen molar-refractivity contribution in [2.24, 2.45) is 5.92 Å². The van der Waals surface area contributed by atoms with Gasteiger partial charge in [0.25, 0.3) is 0 Å². The molecular weight excluding hydrogens is 174 g/mol. The predicted molar refractivity (Wildman–Crippen MR) is 56.3 cm³/mol. The number of rotatable bonds is 3. The van der Waals surface area contributed by atoms with Crippen LogP contribution in [0.25, 0.3) is 0 Å². The smallest absolute Gasteiger partial charge is 0.154 e. The molecule has 1 saturated carbocycles. The van der Waals surface area contributed by atoms with Crippen molar-refractivity contribution in [3.05, 3.63) is 11.6 Å². The highest BCUT2D eigenvalue weighted by Gasteiger charge is 2.28. The molecular formula is C11H19N3. The molecule has 1 heterocycles. The molecule has 1 aromatic heterocycles. The van der Waals surface area contributed by atoms with Crippen LogP contribution >= 0.6 is 0 Å². The van der Waals surface area contributed by atoms with Crippen LogP contribution in [0.3, 0.4) is 0 Å². The molecule has 1 fully saturated rings. The molecule has 3 heteroatoms. The van der Waals surface area contributed by atoms with Gasteiger partial charge in [-0.25, -0.2) is 9.67 Å². The third-order valence-corrected chi connectivity index (χ3v) is 3.12. The summed E-state index contributed by atoms with van der Waals surface area (Å²) in [5, 5.41) is 4.60. The van der Waals surface area contributed by atoms with Crippen LogP contribution < -0.4 is 0 Å². The van der Waals surface area contributed by atoms with Gasteiger partial charge in [-0.3, -0.25) is 0 Å². The predicted octanol–water partition coefficient (Wildman–Crippen LogP) is 2.68. The molecule has 0 aromatic carbocycles. The quantitative estimate of drug-likeness (QED) is 0.739. The lowest BCUT2D eigenvalue weighted by atomic mass is 9.98. The largest absolute Gasteiger partial charge is 0.247 e. The van der Waals surface area contributed by atoms with Crippen molar-refractivity contribution in [1.29, 1.82) is 0 Å². The average molecular weight is 193 g/mol. The minimum Gasteiger partial charge on any atom is -0.247 e. The van der Waals surface area contributed by atoms with Gasteiger partial charge in [0, 0.05) is 5.92 Å². The van der Waals surface area contributed by atoms with Gasteiger partial charge in [0.2, 0.25) is 0 Å². The number of aryl methyl sites for hydroxylation is 1. The molecule has 78 valence electrons. The Balaban J connectivity index is 2.22. The molecule has 0 saturated heterocycles. The van der Waals surface area contributed by atoms with Gasteiger partial charge in [-0.2, -0.15) is 5.10 Å². The molecule has 0 aliphatic heterocycles. The van der Waals surface area contributed by atoms with Crippen molar-refractivity contribution in [2.45, 2.75) is 52.5 Å². The molecule has 0 amide bonds. The second-order valence-corrected chi connectivity index (χ2v) is 4.73. The maximum Gasteiger partial charge on any atom is 0.154 e. The molecule has 1 aromatic rings. The molecule has 3 nitrogen and oxygen atoms in total. The Kier molecular flexibility index (Phi) is 2.33. The lowest BCUT2D eigenvalue weighted by Crippen LogP contribution is -2.05. The van der Waals surface area contributed by atoms with Crippen LogP contribution in [0.1, 0.15) is 57.2 Å². The van der Waals surface area contributed by atoms with E-state index in [2.05, 4.69) is 42.5 Å². The second kappa shape index (κ2) is 3.37. The summed E-state index contributed by atoms with van der Waals surface area (Å²) in [7, 11) is 0. The third-order valence-electron chi connectivity index (χ3n) is 3.12. The molecule has 0 bridgehead atoms. The summed E-state index contributed by atoms with van der Waals surface area (Å²) in [6, 6.07) is 0.649. The minimum atomic E-state index is 0.466. The number of nitrogens with zero attached hydrogens (tertiary/aromatic N) is 3. The van der Waals surface area contributed by atoms with Gasteiger partial charge >= 0.3 is 0 Å². The SMILES string of the molecule is Cc1nc(C(C)C(C)C)nn1C1CC1. The van der Waals surface area contributed by atoms with Crippen LogP contribution in [0.4, 0.5) is 0 Å².